The summed E-state index contributed by atoms with van der Waals surface area (Å²) in [6.07, 6.45) is 1.10. The molecule has 1 saturated heterocycles. The maximum Gasteiger partial charge on any atom is 0.349 e. The van der Waals surface area contributed by atoms with Crippen molar-refractivity contribution in [2.24, 2.45) is 11.8 Å². The summed E-state index contributed by atoms with van der Waals surface area (Å²) >= 11 is 3.40. The van der Waals surface area contributed by atoms with Gasteiger partial charge in [-0.3, -0.25) is 4.79 Å². The predicted octanol–water partition coefficient (Wildman–Crippen LogP) is 3.68. The van der Waals surface area contributed by atoms with Crippen LogP contribution < -0.4 is 10.4 Å². The number of halogens is 1. The number of benzene rings is 1. The number of rotatable bonds is 2. The Kier molecular flexibility index (Phi) is 4.67. The summed E-state index contributed by atoms with van der Waals surface area (Å²) in [6.45, 7) is 5.59. The Morgan fingerprint density at radius 2 is 1.92 bits per heavy atom. The van der Waals surface area contributed by atoms with E-state index in [1.165, 1.54) is 7.11 Å². The zero-order chi connectivity index (χ0) is 17.4. The van der Waals surface area contributed by atoms with Crippen LogP contribution in [-0.2, 0) is 0 Å². The number of methoxy groups -OCH3 is 1. The van der Waals surface area contributed by atoms with Crippen LogP contribution in [0.3, 0.4) is 0 Å². The standard InChI is InChI=1S/C18H20BrNO4/c1-10-4-11(2)9-20(8-10)17(21)14-6-12-5-13(19)7-15(23-3)16(12)24-18(14)22/h5-7,10-11H,4,8-9H2,1-3H3. The lowest BCUT2D eigenvalue weighted by atomic mass is 9.91. The van der Waals surface area contributed by atoms with Gasteiger partial charge in [-0.1, -0.05) is 29.8 Å². The third-order valence-corrected chi connectivity index (χ3v) is 4.83. The van der Waals surface area contributed by atoms with E-state index >= 15 is 0 Å². The maximum atomic E-state index is 12.8. The minimum atomic E-state index is -0.626. The molecular formula is C18H20BrNO4. The maximum absolute atomic E-state index is 12.8. The van der Waals surface area contributed by atoms with Crippen LogP contribution in [0.15, 0.2) is 31.9 Å². The molecule has 1 fully saturated rings. The second-order valence-corrected chi connectivity index (χ2v) is 7.55. The fourth-order valence-corrected chi connectivity index (χ4v) is 3.92. The summed E-state index contributed by atoms with van der Waals surface area (Å²) in [5.74, 6) is 1.05. The topological polar surface area (TPSA) is 59.8 Å². The van der Waals surface area contributed by atoms with E-state index in [0.717, 1.165) is 10.9 Å². The van der Waals surface area contributed by atoms with Crippen molar-refractivity contribution in [3.8, 4) is 5.75 Å². The van der Waals surface area contributed by atoms with Crippen molar-refractivity contribution < 1.29 is 13.9 Å². The molecule has 2 aromatic rings. The van der Waals surface area contributed by atoms with Crippen LogP contribution in [0.4, 0.5) is 0 Å². The number of ether oxygens (including phenoxy) is 1. The minimum Gasteiger partial charge on any atom is -0.493 e. The van der Waals surface area contributed by atoms with Crippen molar-refractivity contribution >= 4 is 32.8 Å². The minimum absolute atomic E-state index is 0.0731. The van der Waals surface area contributed by atoms with Gasteiger partial charge in [0, 0.05) is 22.9 Å². The van der Waals surface area contributed by atoms with E-state index < -0.39 is 5.63 Å². The average molecular weight is 394 g/mol. The van der Waals surface area contributed by atoms with Gasteiger partial charge in [-0.05, 0) is 36.5 Å². The van der Waals surface area contributed by atoms with Gasteiger partial charge < -0.3 is 14.1 Å². The van der Waals surface area contributed by atoms with Crippen LogP contribution in [0.5, 0.6) is 5.75 Å². The molecule has 0 bridgehead atoms. The molecule has 1 aromatic carbocycles. The lowest BCUT2D eigenvalue weighted by molar-refractivity contribution is 0.0619. The van der Waals surface area contributed by atoms with Gasteiger partial charge in [0.1, 0.15) is 5.56 Å². The molecule has 2 heterocycles. The van der Waals surface area contributed by atoms with E-state index in [9.17, 15) is 9.59 Å². The largest absolute Gasteiger partial charge is 0.493 e. The Balaban J connectivity index is 2.05. The summed E-state index contributed by atoms with van der Waals surface area (Å²) in [4.78, 5) is 26.9. The molecule has 1 amide bonds. The zero-order valence-electron chi connectivity index (χ0n) is 14.0. The van der Waals surface area contributed by atoms with Crippen molar-refractivity contribution in [2.75, 3.05) is 20.2 Å². The molecular weight excluding hydrogens is 374 g/mol. The monoisotopic (exact) mass is 393 g/mol. The fourth-order valence-electron chi connectivity index (χ4n) is 3.47. The van der Waals surface area contributed by atoms with Gasteiger partial charge >= 0.3 is 5.63 Å². The average Bonchev–Trinajstić information content (AvgIpc) is 2.52. The highest BCUT2D eigenvalue weighted by molar-refractivity contribution is 9.10. The Morgan fingerprint density at radius 3 is 2.54 bits per heavy atom. The number of amides is 1. The highest BCUT2D eigenvalue weighted by Gasteiger charge is 2.28. The summed E-state index contributed by atoms with van der Waals surface area (Å²) < 4.78 is 11.4. The first kappa shape index (κ1) is 17.0. The molecule has 3 rings (SSSR count). The van der Waals surface area contributed by atoms with Crippen LogP contribution >= 0.6 is 15.9 Å². The third-order valence-electron chi connectivity index (χ3n) is 4.37. The van der Waals surface area contributed by atoms with Gasteiger partial charge in [-0.2, -0.15) is 0 Å². The molecule has 128 valence electrons. The quantitative estimate of drug-likeness (QED) is 0.730. The Hall–Kier alpha value is -1.82. The predicted molar refractivity (Wildman–Crippen MR) is 95.6 cm³/mol. The molecule has 5 nitrogen and oxygen atoms in total. The number of hydrogen-bond donors (Lipinski definition) is 0. The van der Waals surface area contributed by atoms with Gasteiger partial charge in [-0.25, -0.2) is 4.79 Å². The SMILES string of the molecule is COc1cc(Br)cc2cc(C(=O)N3CC(C)CC(C)C3)c(=O)oc12. The van der Waals surface area contributed by atoms with Crippen LogP contribution in [0.25, 0.3) is 11.0 Å². The molecule has 6 heteroatoms. The molecule has 0 saturated carbocycles. The van der Waals surface area contributed by atoms with Gasteiger partial charge in [-0.15, -0.1) is 0 Å². The lowest BCUT2D eigenvalue weighted by Gasteiger charge is -2.34. The van der Waals surface area contributed by atoms with E-state index in [4.69, 9.17) is 9.15 Å². The van der Waals surface area contributed by atoms with Crippen molar-refractivity contribution in [3.05, 3.63) is 38.7 Å². The number of piperidine rings is 1. The molecule has 2 unspecified atom stereocenters. The summed E-state index contributed by atoms with van der Waals surface area (Å²) in [6, 6.07) is 5.13. The molecule has 24 heavy (non-hydrogen) atoms. The van der Waals surface area contributed by atoms with Gasteiger partial charge in [0.2, 0.25) is 0 Å². The van der Waals surface area contributed by atoms with Crippen LogP contribution in [-0.4, -0.2) is 31.0 Å². The molecule has 0 N–H and O–H groups in total. The van der Waals surface area contributed by atoms with E-state index in [0.29, 0.717) is 41.6 Å². The number of nitrogens with zero attached hydrogens (tertiary/aromatic N) is 1. The van der Waals surface area contributed by atoms with Gasteiger partial charge in [0.15, 0.2) is 11.3 Å². The molecule has 2 atom stereocenters. The van der Waals surface area contributed by atoms with E-state index in [1.54, 1.807) is 23.1 Å². The first-order valence-electron chi connectivity index (χ1n) is 7.99. The van der Waals surface area contributed by atoms with E-state index in [2.05, 4.69) is 29.8 Å². The summed E-state index contributed by atoms with van der Waals surface area (Å²) in [5, 5.41) is 0.655. The highest BCUT2D eigenvalue weighted by atomic mass is 79.9. The summed E-state index contributed by atoms with van der Waals surface area (Å²) in [7, 11) is 1.51. The van der Waals surface area contributed by atoms with Gasteiger partial charge in [0.25, 0.3) is 5.91 Å². The highest BCUT2D eigenvalue weighted by Crippen LogP contribution is 2.30. The molecule has 0 aliphatic carbocycles. The first-order valence-corrected chi connectivity index (χ1v) is 8.79. The number of fused-ring (bicyclic) bond motifs is 1. The van der Waals surface area contributed by atoms with Crippen molar-refractivity contribution in [1.29, 1.82) is 0 Å². The van der Waals surface area contributed by atoms with Gasteiger partial charge in [0.05, 0.1) is 7.11 Å². The smallest absolute Gasteiger partial charge is 0.349 e. The third kappa shape index (κ3) is 3.20. The zero-order valence-corrected chi connectivity index (χ0v) is 15.6. The second kappa shape index (κ2) is 6.59. The normalized spacial score (nSPS) is 21.1. The Labute approximate surface area is 148 Å². The van der Waals surface area contributed by atoms with Crippen molar-refractivity contribution in [1.82, 2.24) is 4.90 Å². The van der Waals surface area contributed by atoms with Crippen LogP contribution in [0.1, 0.15) is 30.6 Å². The summed E-state index contributed by atoms with van der Waals surface area (Å²) in [5.41, 5.74) is -0.203. The number of hydrogen-bond acceptors (Lipinski definition) is 4. The molecule has 0 radical (unpaired) electrons. The fraction of sp³-hybridized carbons (Fsp3) is 0.444. The molecule has 1 aliphatic rings. The van der Waals surface area contributed by atoms with Crippen LogP contribution in [0, 0.1) is 11.8 Å². The van der Waals surface area contributed by atoms with Crippen LogP contribution in [0.2, 0.25) is 0 Å². The number of carbonyl (C=O) groups excluding carboxylic acids is 1. The van der Waals surface area contributed by atoms with E-state index in [-0.39, 0.29) is 11.5 Å². The second-order valence-electron chi connectivity index (χ2n) is 6.63. The van der Waals surface area contributed by atoms with Crippen molar-refractivity contribution in [2.45, 2.75) is 20.3 Å². The Morgan fingerprint density at radius 1 is 1.25 bits per heavy atom. The Bertz CT molecular complexity index is 835. The van der Waals surface area contributed by atoms with E-state index in [1.807, 2.05) is 0 Å². The molecule has 1 aromatic heterocycles. The first-order chi connectivity index (χ1) is 11.4. The van der Waals surface area contributed by atoms with Crippen molar-refractivity contribution in [3.63, 3.8) is 0 Å². The number of likely N-dealkylation sites (tertiary alicyclic amines) is 1. The number of carbonyl (C=O) groups is 1. The molecule has 1 aliphatic heterocycles. The molecule has 0 spiro atoms. The lowest BCUT2D eigenvalue weighted by Crippen LogP contribution is -2.43.